The Labute approximate surface area is 146 Å². The number of hydrogen-bond acceptors (Lipinski definition) is 3. The molecule has 122 valence electrons. The van der Waals surface area contributed by atoms with Crippen LogP contribution in [0.15, 0.2) is 91.0 Å². The van der Waals surface area contributed by atoms with Gasteiger partial charge in [0.25, 0.3) is 0 Å². The summed E-state index contributed by atoms with van der Waals surface area (Å²) in [4.78, 5) is 0. The Morgan fingerprint density at radius 1 is 0.720 bits per heavy atom. The summed E-state index contributed by atoms with van der Waals surface area (Å²) in [5, 5.41) is 8.18. The Hall–Kier alpha value is -3.53. The van der Waals surface area contributed by atoms with Crippen molar-refractivity contribution in [2.45, 2.75) is 0 Å². The van der Waals surface area contributed by atoms with Crippen LogP contribution < -0.4 is 11.1 Å². The van der Waals surface area contributed by atoms with Crippen LogP contribution in [0.4, 0.5) is 17.2 Å². The first-order valence-electron chi connectivity index (χ1n) is 8.14. The third-order valence-electron chi connectivity index (χ3n) is 4.01. The average Bonchev–Trinajstić information content (AvgIpc) is 3.01. The molecule has 0 aliphatic carbocycles. The molecule has 0 radical (unpaired) electrons. The molecule has 0 fully saturated rings. The van der Waals surface area contributed by atoms with Gasteiger partial charge in [-0.15, -0.1) is 0 Å². The number of aromatic nitrogens is 2. The van der Waals surface area contributed by atoms with Crippen LogP contribution >= 0.6 is 0 Å². The Morgan fingerprint density at radius 2 is 1.28 bits per heavy atom. The standard InChI is InChI=1S/C21H18N4/c22-19-20(16-10-4-1-5-11-16)24-25(18-14-8-3-9-15-18)21(19)23-17-12-6-2-7-13-17/h1-15,23H,22H2. The summed E-state index contributed by atoms with van der Waals surface area (Å²) < 4.78 is 1.85. The van der Waals surface area contributed by atoms with Gasteiger partial charge in [-0.2, -0.15) is 5.10 Å². The number of hydrogen-bond donors (Lipinski definition) is 2. The molecular formula is C21H18N4. The smallest absolute Gasteiger partial charge is 0.158 e. The number of anilines is 3. The molecule has 4 rings (SSSR count). The van der Waals surface area contributed by atoms with Gasteiger partial charge in [-0.3, -0.25) is 0 Å². The van der Waals surface area contributed by atoms with Gasteiger partial charge < -0.3 is 11.1 Å². The van der Waals surface area contributed by atoms with E-state index in [-0.39, 0.29) is 0 Å². The predicted octanol–water partition coefficient (Wildman–Crippen LogP) is 4.87. The minimum Gasteiger partial charge on any atom is -0.394 e. The van der Waals surface area contributed by atoms with E-state index in [4.69, 9.17) is 10.8 Å². The molecule has 4 nitrogen and oxygen atoms in total. The van der Waals surface area contributed by atoms with E-state index < -0.39 is 0 Å². The highest BCUT2D eigenvalue weighted by atomic mass is 15.3. The second kappa shape index (κ2) is 6.53. The second-order valence-corrected chi connectivity index (χ2v) is 5.72. The van der Waals surface area contributed by atoms with Crippen LogP contribution in [0.2, 0.25) is 0 Å². The first-order chi connectivity index (χ1) is 12.3. The van der Waals surface area contributed by atoms with Crippen molar-refractivity contribution in [3.05, 3.63) is 91.0 Å². The Bertz CT molecular complexity index is 961. The lowest BCUT2D eigenvalue weighted by Gasteiger charge is -2.10. The number of nitrogen functional groups attached to an aromatic ring is 1. The number of nitrogens with two attached hydrogens (primary N) is 1. The molecule has 0 saturated carbocycles. The number of para-hydroxylation sites is 2. The topological polar surface area (TPSA) is 55.9 Å². The van der Waals surface area contributed by atoms with Crippen molar-refractivity contribution in [3.8, 4) is 16.9 Å². The van der Waals surface area contributed by atoms with Gasteiger partial charge in [0.15, 0.2) is 5.82 Å². The van der Waals surface area contributed by atoms with Gasteiger partial charge in [-0.25, -0.2) is 4.68 Å². The zero-order chi connectivity index (χ0) is 17.1. The van der Waals surface area contributed by atoms with Gasteiger partial charge in [0.1, 0.15) is 11.4 Å². The van der Waals surface area contributed by atoms with E-state index in [1.807, 2.05) is 95.7 Å². The lowest BCUT2D eigenvalue weighted by Crippen LogP contribution is -2.03. The van der Waals surface area contributed by atoms with Crippen molar-refractivity contribution in [1.82, 2.24) is 9.78 Å². The molecule has 3 N–H and O–H groups in total. The summed E-state index contributed by atoms with van der Waals surface area (Å²) in [6.07, 6.45) is 0. The van der Waals surface area contributed by atoms with Gasteiger partial charge >= 0.3 is 0 Å². The van der Waals surface area contributed by atoms with Crippen molar-refractivity contribution in [1.29, 1.82) is 0 Å². The van der Waals surface area contributed by atoms with Crippen LogP contribution in [0.25, 0.3) is 16.9 Å². The zero-order valence-corrected chi connectivity index (χ0v) is 13.6. The maximum absolute atomic E-state index is 6.48. The lowest BCUT2D eigenvalue weighted by molar-refractivity contribution is 0.892. The molecule has 0 spiro atoms. The van der Waals surface area contributed by atoms with Gasteiger partial charge in [-0.05, 0) is 24.3 Å². The quantitative estimate of drug-likeness (QED) is 0.563. The molecule has 25 heavy (non-hydrogen) atoms. The van der Waals surface area contributed by atoms with Crippen LogP contribution in [0, 0.1) is 0 Å². The van der Waals surface area contributed by atoms with Gasteiger partial charge in [0.2, 0.25) is 0 Å². The summed E-state index contributed by atoms with van der Waals surface area (Å²) in [6.45, 7) is 0. The highest BCUT2D eigenvalue weighted by Crippen LogP contribution is 2.34. The van der Waals surface area contributed by atoms with Gasteiger partial charge in [0, 0.05) is 11.3 Å². The molecule has 1 aromatic heterocycles. The van der Waals surface area contributed by atoms with E-state index in [9.17, 15) is 0 Å². The predicted molar refractivity (Wildman–Crippen MR) is 103 cm³/mol. The molecule has 0 unspecified atom stereocenters. The third kappa shape index (κ3) is 2.97. The van der Waals surface area contributed by atoms with E-state index in [1.165, 1.54) is 0 Å². The SMILES string of the molecule is Nc1c(-c2ccccc2)nn(-c2ccccc2)c1Nc1ccccc1. The molecule has 0 bridgehead atoms. The molecule has 4 heteroatoms. The fraction of sp³-hybridized carbons (Fsp3) is 0. The molecule has 3 aromatic carbocycles. The summed E-state index contributed by atoms with van der Waals surface area (Å²) in [5.74, 6) is 0.760. The maximum Gasteiger partial charge on any atom is 0.158 e. The zero-order valence-electron chi connectivity index (χ0n) is 13.6. The van der Waals surface area contributed by atoms with Crippen molar-refractivity contribution < 1.29 is 0 Å². The van der Waals surface area contributed by atoms with Crippen molar-refractivity contribution in [3.63, 3.8) is 0 Å². The van der Waals surface area contributed by atoms with Crippen molar-refractivity contribution >= 4 is 17.2 Å². The first-order valence-corrected chi connectivity index (χ1v) is 8.14. The molecule has 1 heterocycles. The molecule has 0 saturated heterocycles. The van der Waals surface area contributed by atoms with Gasteiger partial charge in [0.05, 0.1) is 5.69 Å². The molecule has 4 aromatic rings. The summed E-state index contributed by atoms with van der Waals surface area (Å²) in [6, 6.07) is 29.9. The third-order valence-corrected chi connectivity index (χ3v) is 4.01. The Kier molecular flexibility index (Phi) is 3.92. The minimum absolute atomic E-state index is 0.624. The average molecular weight is 326 g/mol. The molecule has 0 aliphatic rings. The highest BCUT2D eigenvalue weighted by molar-refractivity contribution is 5.84. The normalized spacial score (nSPS) is 10.6. The summed E-state index contributed by atoms with van der Waals surface area (Å²) in [7, 11) is 0. The monoisotopic (exact) mass is 326 g/mol. The lowest BCUT2D eigenvalue weighted by atomic mass is 10.1. The van der Waals surface area contributed by atoms with Crippen molar-refractivity contribution in [2.24, 2.45) is 0 Å². The molecule has 0 atom stereocenters. The largest absolute Gasteiger partial charge is 0.394 e. The second-order valence-electron chi connectivity index (χ2n) is 5.72. The van der Waals surface area contributed by atoms with Gasteiger partial charge in [-0.1, -0.05) is 66.7 Å². The number of nitrogens with one attached hydrogen (secondary N) is 1. The first kappa shape index (κ1) is 15.0. The van der Waals surface area contributed by atoms with E-state index in [1.54, 1.807) is 0 Å². The summed E-state index contributed by atoms with van der Waals surface area (Å²) >= 11 is 0. The summed E-state index contributed by atoms with van der Waals surface area (Å²) in [5.41, 5.74) is 10.8. The van der Waals surface area contributed by atoms with E-state index in [0.717, 1.165) is 28.5 Å². The van der Waals surface area contributed by atoms with Crippen molar-refractivity contribution in [2.75, 3.05) is 11.1 Å². The number of nitrogens with zero attached hydrogens (tertiary/aromatic N) is 2. The van der Waals surface area contributed by atoms with E-state index >= 15 is 0 Å². The van der Waals surface area contributed by atoms with E-state index in [2.05, 4.69) is 5.32 Å². The Morgan fingerprint density at radius 3 is 1.92 bits per heavy atom. The van der Waals surface area contributed by atoms with Crippen LogP contribution in [-0.4, -0.2) is 9.78 Å². The number of benzene rings is 3. The maximum atomic E-state index is 6.48. The molecule has 0 aliphatic heterocycles. The fourth-order valence-corrected chi connectivity index (χ4v) is 2.77. The van der Waals surface area contributed by atoms with E-state index in [0.29, 0.717) is 5.69 Å². The fourth-order valence-electron chi connectivity index (χ4n) is 2.77. The van der Waals surface area contributed by atoms with Crippen LogP contribution in [0.1, 0.15) is 0 Å². The highest BCUT2D eigenvalue weighted by Gasteiger charge is 2.18. The molecular weight excluding hydrogens is 308 g/mol. The van der Waals surface area contributed by atoms with Crippen LogP contribution in [-0.2, 0) is 0 Å². The molecule has 0 amide bonds. The minimum atomic E-state index is 0.624. The Balaban J connectivity index is 1.87. The number of rotatable bonds is 4. The van der Waals surface area contributed by atoms with Crippen LogP contribution in [0.3, 0.4) is 0 Å². The van der Waals surface area contributed by atoms with Crippen LogP contribution in [0.5, 0.6) is 0 Å².